The summed E-state index contributed by atoms with van der Waals surface area (Å²) in [5.41, 5.74) is 5.77. The van der Waals surface area contributed by atoms with Crippen molar-refractivity contribution < 1.29 is 8.42 Å². The molecule has 2 rings (SSSR count). The lowest BCUT2D eigenvalue weighted by Crippen LogP contribution is -2.45. The lowest BCUT2D eigenvalue weighted by atomic mass is 9.84. The Morgan fingerprint density at radius 3 is 2.60 bits per heavy atom. The molecular formula is C12H18BrClN2O2S2. The minimum absolute atomic E-state index is 0.194. The molecule has 8 heteroatoms. The third-order valence-electron chi connectivity index (χ3n) is 3.67. The summed E-state index contributed by atoms with van der Waals surface area (Å²) in [6.45, 7) is 0.324. The van der Waals surface area contributed by atoms with Crippen molar-refractivity contribution in [2.24, 2.45) is 11.7 Å². The minimum Gasteiger partial charge on any atom is -0.329 e. The molecule has 1 saturated carbocycles. The Hall–Kier alpha value is 0.340. The molecule has 1 aromatic rings. The second kappa shape index (κ2) is 7.07. The van der Waals surface area contributed by atoms with E-state index in [2.05, 4.69) is 20.7 Å². The van der Waals surface area contributed by atoms with E-state index in [0.717, 1.165) is 37.0 Å². The van der Waals surface area contributed by atoms with Gasteiger partial charge in [-0.2, -0.15) is 0 Å². The first-order valence-corrected chi connectivity index (χ1v) is 10.1. The van der Waals surface area contributed by atoms with E-state index in [1.165, 1.54) is 12.5 Å². The van der Waals surface area contributed by atoms with Crippen LogP contribution in [0.5, 0.6) is 0 Å². The predicted octanol–water partition coefficient (Wildman–Crippen LogP) is 3.35. The van der Waals surface area contributed by atoms with E-state index in [-0.39, 0.29) is 10.3 Å². The average molecular weight is 402 g/mol. The van der Waals surface area contributed by atoms with Crippen molar-refractivity contribution in [1.29, 1.82) is 0 Å². The molecule has 1 heterocycles. The van der Waals surface area contributed by atoms with Crippen LogP contribution in [0.1, 0.15) is 32.1 Å². The average Bonchev–Trinajstić information content (AvgIpc) is 2.78. The molecule has 0 amide bonds. The van der Waals surface area contributed by atoms with Crippen LogP contribution >= 0.6 is 38.9 Å². The quantitative estimate of drug-likeness (QED) is 0.794. The molecule has 0 aromatic carbocycles. The molecule has 1 unspecified atom stereocenters. The van der Waals surface area contributed by atoms with Crippen molar-refractivity contribution >= 4 is 48.9 Å². The standard InChI is InChI=1S/C12H18BrClN2O2S2/c13-12-9(14)6-11(19-12)20(17,18)16-10(7-15)8-4-2-1-3-5-8/h6,8,10,16H,1-5,7,15H2. The molecule has 0 radical (unpaired) electrons. The Morgan fingerprint density at radius 2 is 2.10 bits per heavy atom. The van der Waals surface area contributed by atoms with E-state index in [1.54, 1.807) is 0 Å². The lowest BCUT2D eigenvalue weighted by molar-refractivity contribution is 0.294. The fourth-order valence-corrected chi connectivity index (χ4v) is 6.32. The highest BCUT2D eigenvalue weighted by atomic mass is 79.9. The molecule has 0 saturated heterocycles. The maximum absolute atomic E-state index is 12.4. The molecule has 0 bridgehead atoms. The fourth-order valence-electron chi connectivity index (χ4n) is 2.59. The Balaban J connectivity index is 2.12. The van der Waals surface area contributed by atoms with Crippen LogP contribution in [0.3, 0.4) is 0 Å². The number of rotatable bonds is 5. The molecular weight excluding hydrogens is 384 g/mol. The van der Waals surface area contributed by atoms with Gasteiger partial charge in [0.25, 0.3) is 0 Å². The van der Waals surface area contributed by atoms with E-state index in [4.69, 9.17) is 17.3 Å². The first-order valence-electron chi connectivity index (χ1n) is 6.61. The molecule has 1 aliphatic rings. The summed E-state index contributed by atoms with van der Waals surface area (Å²) in [6.07, 6.45) is 5.62. The van der Waals surface area contributed by atoms with E-state index in [9.17, 15) is 8.42 Å². The zero-order valence-electron chi connectivity index (χ0n) is 10.9. The summed E-state index contributed by atoms with van der Waals surface area (Å²) in [7, 11) is -3.55. The normalized spacial score (nSPS) is 19.1. The lowest BCUT2D eigenvalue weighted by Gasteiger charge is -2.29. The monoisotopic (exact) mass is 400 g/mol. The van der Waals surface area contributed by atoms with Gasteiger partial charge in [0.2, 0.25) is 10.0 Å². The molecule has 1 fully saturated rings. The Morgan fingerprint density at radius 1 is 1.45 bits per heavy atom. The van der Waals surface area contributed by atoms with Gasteiger partial charge in [0.05, 0.1) is 8.81 Å². The molecule has 4 nitrogen and oxygen atoms in total. The fraction of sp³-hybridized carbons (Fsp3) is 0.667. The van der Waals surface area contributed by atoms with Crippen molar-refractivity contribution in [1.82, 2.24) is 4.72 Å². The van der Waals surface area contributed by atoms with Crippen molar-refractivity contribution in [2.75, 3.05) is 6.54 Å². The summed E-state index contributed by atoms with van der Waals surface area (Å²) < 4.78 is 28.3. The summed E-state index contributed by atoms with van der Waals surface area (Å²) in [6, 6.07) is 1.27. The highest BCUT2D eigenvalue weighted by Gasteiger charge is 2.28. The third kappa shape index (κ3) is 3.96. The van der Waals surface area contributed by atoms with Gasteiger partial charge < -0.3 is 5.73 Å². The van der Waals surface area contributed by atoms with E-state index in [0.29, 0.717) is 21.3 Å². The summed E-state index contributed by atoms with van der Waals surface area (Å²) >= 11 is 10.3. The Kier molecular flexibility index (Phi) is 5.90. The maximum atomic E-state index is 12.4. The first kappa shape index (κ1) is 16.7. The van der Waals surface area contributed by atoms with Crippen LogP contribution < -0.4 is 10.5 Å². The van der Waals surface area contributed by atoms with Gasteiger partial charge in [-0.25, -0.2) is 13.1 Å². The molecule has 0 aliphatic heterocycles. The van der Waals surface area contributed by atoms with Gasteiger partial charge in [0.1, 0.15) is 4.21 Å². The number of nitrogens with two attached hydrogens (primary N) is 1. The van der Waals surface area contributed by atoms with Gasteiger partial charge in [0.15, 0.2) is 0 Å². The van der Waals surface area contributed by atoms with Gasteiger partial charge in [0, 0.05) is 12.6 Å². The summed E-state index contributed by atoms with van der Waals surface area (Å²) in [5.74, 6) is 0.336. The van der Waals surface area contributed by atoms with Gasteiger partial charge in [-0.15, -0.1) is 11.3 Å². The van der Waals surface area contributed by atoms with Crippen LogP contribution in [0.15, 0.2) is 14.1 Å². The van der Waals surface area contributed by atoms with Crippen molar-refractivity contribution in [2.45, 2.75) is 42.4 Å². The van der Waals surface area contributed by atoms with Crippen LogP contribution in [0, 0.1) is 5.92 Å². The predicted molar refractivity (Wildman–Crippen MR) is 86.8 cm³/mol. The zero-order chi connectivity index (χ0) is 14.8. The van der Waals surface area contributed by atoms with Gasteiger partial charge in [-0.1, -0.05) is 30.9 Å². The highest BCUT2D eigenvalue weighted by Crippen LogP contribution is 2.35. The van der Waals surface area contributed by atoms with Gasteiger partial charge >= 0.3 is 0 Å². The Labute approximate surface area is 137 Å². The maximum Gasteiger partial charge on any atom is 0.250 e. The number of halogens is 2. The van der Waals surface area contributed by atoms with Crippen LogP contribution in [-0.4, -0.2) is 21.0 Å². The van der Waals surface area contributed by atoms with Crippen LogP contribution in [0.4, 0.5) is 0 Å². The number of hydrogen-bond donors (Lipinski definition) is 2. The van der Waals surface area contributed by atoms with Crippen LogP contribution in [0.2, 0.25) is 5.02 Å². The minimum atomic E-state index is -3.55. The molecule has 3 N–H and O–H groups in total. The van der Waals surface area contributed by atoms with Crippen molar-refractivity contribution in [3.63, 3.8) is 0 Å². The second-order valence-electron chi connectivity index (χ2n) is 5.05. The smallest absolute Gasteiger partial charge is 0.250 e. The highest BCUT2D eigenvalue weighted by molar-refractivity contribution is 9.11. The Bertz CT molecular complexity index is 536. The van der Waals surface area contributed by atoms with Crippen molar-refractivity contribution in [3.05, 3.63) is 14.9 Å². The van der Waals surface area contributed by atoms with Gasteiger partial charge in [-0.3, -0.25) is 0 Å². The molecule has 1 atom stereocenters. The van der Waals surface area contributed by atoms with Crippen LogP contribution in [0.25, 0.3) is 0 Å². The van der Waals surface area contributed by atoms with Gasteiger partial charge in [-0.05, 0) is 40.8 Å². The number of sulfonamides is 1. The topological polar surface area (TPSA) is 72.2 Å². The molecule has 1 aliphatic carbocycles. The van der Waals surface area contributed by atoms with Crippen LogP contribution in [-0.2, 0) is 10.0 Å². The number of hydrogen-bond acceptors (Lipinski definition) is 4. The molecule has 20 heavy (non-hydrogen) atoms. The third-order valence-corrected chi connectivity index (χ3v) is 8.10. The molecule has 1 aromatic heterocycles. The number of nitrogens with one attached hydrogen (secondary N) is 1. The largest absolute Gasteiger partial charge is 0.329 e. The summed E-state index contributed by atoms with van der Waals surface area (Å²) in [5, 5.41) is 0.414. The van der Waals surface area contributed by atoms with E-state index >= 15 is 0 Å². The van der Waals surface area contributed by atoms with Crippen molar-refractivity contribution in [3.8, 4) is 0 Å². The summed E-state index contributed by atoms with van der Waals surface area (Å²) in [4.78, 5) is 0. The first-order chi connectivity index (χ1) is 9.44. The van der Waals surface area contributed by atoms with E-state index < -0.39 is 10.0 Å². The van der Waals surface area contributed by atoms with E-state index in [1.807, 2.05) is 0 Å². The molecule has 114 valence electrons. The zero-order valence-corrected chi connectivity index (χ0v) is 14.9. The SMILES string of the molecule is NCC(NS(=O)(=O)c1cc(Cl)c(Br)s1)C1CCCCC1. The second-order valence-corrected chi connectivity index (χ2v) is 9.77. The molecule has 0 spiro atoms. The number of thiophene rings is 1.